The van der Waals surface area contributed by atoms with E-state index in [0.29, 0.717) is 28.1 Å². The van der Waals surface area contributed by atoms with E-state index in [9.17, 15) is 14.7 Å². The normalized spacial score (nSPS) is 20.1. The zero-order valence-electron chi connectivity index (χ0n) is 17.4. The van der Waals surface area contributed by atoms with Crippen molar-refractivity contribution in [3.05, 3.63) is 26.6 Å². The van der Waals surface area contributed by atoms with Crippen LogP contribution in [0.15, 0.2) is 20.6 Å². The first-order chi connectivity index (χ1) is 13.6. The molecule has 0 spiro atoms. The van der Waals surface area contributed by atoms with E-state index in [1.807, 2.05) is 34.0 Å². The molecule has 9 heteroatoms. The Kier molecular flexibility index (Phi) is 6.29. The maximum Gasteiger partial charge on any atom is 0.407 e. The molecule has 1 aliphatic carbocycles. The summed E-state index contributed by atoms with van der Waals surface area (Å²) in [6, 6.07) is -0.0608. The molecule has 1 fully saturated rings. The van der Waals surface area contributed by atoms with Gasteiger partial charge in [0.15, 0.2) is 5.16 Å². The van der Waals surface area contributed by atoms with Gasteiger partial charge in [-0.25, -0.2) is 14.8 Å². The molecule has 0 bridgehead atoms. The van der Waals surface area contributed by atoms with Gasteiger partial charge < -0.3 is 10.0 Å². The van der Waals surface area contributed by atoms with Crippen LogP contribution in [0.1, 0.15) is 58.1 Å². The van der Waals surface area contributed by atoms with Crippen LogP contribution in [0.25, 0.3) is 11.0 Å². The molecule has 158 valence electrons. The molecule has 0 radical (unpaired) electrons. The maximum atomic E-state index is 13.1. The minimum absolute atomic E-state index is 0.0154. The first kappa shape index (κ1) is 22.1. The summed E-state index contributed by atoms with van der Waals surface area (Å²) in [5.41, 5.74) is 0.951. The summed E-state index contributed by atoms with van der Waals surface area (Å²) in [5, 5.41) is 11.2. The van der Waals surface area contributed by atoms with Crippen LogP contribution in [0.5, 0.6) is 0 Å². The second-order valence-electron chi connectivity index (χ2n) is 8.49. The van der Waals surface area contributed by atoms with E-state index >= 15 is 0 Å². The third-order valence-corrected chi connectivity index (χ3v) is 7.12. The highest BCUT2D eigenvalue weighted by Gasteiger charge is 2.36. The van der Waals surface area contributed by atoms with E-state index in [-0.39, 0.29) is 17.6 Å². The van der Waals surface area contributed by atoms with Crippen LogP contribution in [0.3, 0.4) is 0 Å². The smallest absolute Gasteiger partial charge is 0.407 e. The lowest BCUT2D eigenvalue weighted by Crippen LogP contribution is -2.52. The molecule has 2 heterocycles. The van der Waals surface area contributed by atoms with Gasteiger partial charge in [-0.05, 0) is 81.1 Å². The summed E-state index contributed by atoms with van der Waals surface area (Å²) in [6.45, 7) is 7.65. The van der Waals surface area contributed by atoms with E-state index in [0.717, 1.165) is 23.8 Å². The number of thioether (sulfide) groups is 1. The number of hydrogen-bond donors (Lipinski definition) is 1. The van der Waals surface area contributed by atoms with Gasteiger partial charge >= 0.3 is 6.09 Å². The van der Waals surface area contributed by atoms with Crippen molar-refractivity contribution in [1.29, 1.82) is 0 Å². The van der Waals surface area contributed by atoms with Crippen molar-refractivity contribution in [3.8, 4) is 0 Å². The van der Waals surface area contributed by atoms with E-state index in [1.165, 1.54) is 11.8 Å². The lowest BCUT2D eigenvalue weighted by atomic mass is 9.87. The van der Waals surface area contributed by atoms with Crippen LogP contribution in [0.2, 0.25) is 0 Å². The molecule has 0 atom stereocenters. The monoisotopic (exact) mass is 482 g/mol. The molecule has 2 aromatic rings. The van der Waals surface area contributed by atoms with Crippen molar-refractivity contribution in [3.63, 3.8) is 0 Å². The summed E-state index contributed by atoms with van der Waals surface area (Å²) in [6.07, 6.45) is 5.69. The molecule has 2 aromatic heterocycles. The van der Waals surface area contributed by atoms with Gasteiger partial charge in [-0.1, -0.05) is 11.8 Å². The molecule has 0 unspecified atom stereocenters. The van der Waals surface area contributed by atoms with E-state index in [4.69, 9.17) is 0 Å². The average molecular weight is 483 g/mol. The quantitative estimate of drug-likeness (QED) is 0.496. The SMILES string of the molecule is CSc1ncc2c(C)c(Br)c(=O)n([C@H]3CC[C@H](N(C(=O)O)C(C)(C)C)CC3)c2n1. The van der Waals surface area contributed by atoms with Crippen LogP contribution in [0.4, 0.5) is 4.79 Å². The standard InChI is InChI=1S/C20H27BrN4O3S/c1-11-14-10-22-18(29-5)23-16(14)24(17(26)15(11)21)12-6-8-13(9-7-12)25(19(27)28)20(2,3)4/h10,12-13H,6-9H2,1-5H3,(H,27,28)/t12-,13-. The topological polar surface area (TPSA) is 88.3 Å². The van der Waals surface area contributed by atoms with Crippen molar-refractivity contribution in [2.24, 2.45) is 0 Å². The van der Waals surface area contributed by atoms with Gasteiger partial charge in [-0.2, -0.15) is 0 Å². The minimum atomic E-state index is -0.890. The van der Waals surface area contributed by atoms with Crippen LogP contribution in [-0.4, -0.2) is 48.5 Å². The molecule has 1 aliphatic rings. The van der Waals surface area contributed by atoms with Gasteiger partial charge in [-0.3, -0.25) is 9.36 Å². The molecule has 7 nitrogen and oxygen atoms in total. The number of aromatic nitrogens is 3. The Morgan fingerprint density at radius 2 is 1.93 bits per heavy atom. The highest BCUT2D eigenvalue weighted by molar-refractivity contribution is 9.10. The fourth-order valence-electron chi connectivity index (χ4n) is 4.29. The van der Waals surface area contributed by atoms with E-state index in [1.54, 1.807) is 15.7 Å². The number of carboxylic acid groups (broad SMARTS) is 1. The predicted octanol–water partition coefficient (Wildman–Crippen LogP) is 4.85. The maximum absolute atomic E-state index is 13.1. The molecular formula is C20H27BrN4O3S. The molecule has 1 amide bonds. The Balaban J connectivity index is 1.99. The molecule has 0 saturated heterocycles. The van der Waals surface area contributed by atoms with Crippen LogP contribution >= 0.6 is 27.7 Å². The summed E-state index contributed by atoms with van der Waals surface area (Å²) in [7, 11) is 0. The fraction of sp³-hybridized carbons (Fsp3) is 0.600. The zero-order valence-corrected chi connectivity index (χ0v) is 19.8. The lowest BCUT2D eigenvalue weighted by Gasteiger charge is -2.43. The number of aryl methyl sites for hydroxylation is 1. The highest BCUT2D eigenvalue weighted by Crippen LogP contribution is 2.35. The molecular weight excluding hydrogens is 456 g/mol. The van der Waals surface area contributed by atoms with Crippen LogP contribution < -0.4 is 5.56 Å². The van der Waals surface area contributed by atoms with E-state index in [2.05, 4.69) is 25.9 Å². The summed E-state index contributed by atoms with van der Waals surface area (Å²) < 4.78 is 2.32. The van der Waals surface area contributed by atoms with Gasteiger partial charge in [0.05, 0.1) is 4.47 Å². The Hall–Kier alpha value is -1.61. The second-order valence-corrected chi connectivity index (χ2v) is 10.1. The van der Waals surface area contributed by atoms with Gasteiger partial charge in [0.1, 0.15) is 5.65 Å². The fourth-order valence-corrected chi connectivity index (χ4v) is 5.03. The Morgan fingerprint density at radius 1 is 1.31 bits per heavy atom. The number of halogens is 1. The van der Waals surface area contributed by atoms with Crippen molar-refractivity contribution < 1.29 is 9.90 Å². The third kappa shape index (κ3) is 4.17. The Morgan fingerprint density at radius 3 is 2.45 bits per heavy atom. The van der Waals surface area contributed by atoms with E-state index < -0.39 is 11.6 Å². The highest BCUT2D eigenvalue weighted by atomic mass is 79.9. The number of amides is 1. The number of pyridine rings is 1. The third-order valence-electron chi connectivity index (χ3n) is 5.62. The molecule has 0 aliphatic heterocycles. The summed E-state index contributed by atoms with van der Waals surface area (Å²) in [5.74, 6) is 0. The molecule has 1 saturated carbocycles. The first-order valence-electron chi connectivity index (χ1n) is 9.69. The number of nitrogens with zero attached hydrogens (tertiary/aromatic N) is 4. The molecule has 29 heavy (non-hydrogen) atoms. The Bertz CT molecular complexity index is 994. The van der Waals surface area contributed by atoms with Gasteiger partial charge in [0, 0.05) is 29.2 Å². The molecule has 0 aromatic carbocycles. The number of carbonyl (C=O) groups is 1. The zero-order chi connectivity index (χ0) is 21.5. The van der Waals surface area contributed by atoms with Crippen molar-refractivity contribution >= 4 is 44.8 Å². The van der Waals surface area contributed by atoms with Gasteiger partial charge in [-0.15, -0.1) is 0 Å². The van der Waals surface area contributed by atoms with Crippen LogP contribution in [-0.2, 0) is 0 Å². The summed E-state index contributed by atoms with van der Waals surface area (Å²) in [4.78, 5) is 35.5. The number of hydrogen-bond acceptors (Lipinski definition) is 5. The van der Waals surface area contributed by atoms with Crippen LogP contribution in [0, 0.1) is 6.92 Å². The lowest BCUT2D eigenvalue weighted by molar-refractivity contribution is 0.0512. The average Bonchev–Trinajstić information content (AvgIpc) is 2.66. The number of rotatable bonds is 3. The number of fused-ring (bicyclic) bond motifs is 1. The first-order valence-corrected chi connectivity index (χ1v) is 11.7. The largest absolute Gasteiger partial charge is 0.465 e. The Labute approximate surface area is 183 Å². The minimum Gasteiger partial charge on any atom is -0.465 e. The second kappa shape index (κ2) is 8.26. The van der Waals surface area contributed by atoms with Crippen molar-refractivity contribution in [1.82, 2.24) is 19.4 Å². The predicted molar refractivity (Wildman–Crippen MR) is 119 cm³/mol. The van der Waals surface area contributed by atoms with Crippen molar-refractivity contribution in [2.45, 2.75) is 76.2 Å². The summed E-state index contributed by atoms with van der Waals surface area (Å²) >= 11 is 4.90. The molecule has 1 N–H and O–H groups in total. The van der Waals surface area contributed by atoms with Crippen molar-refractivity contribution in [2.75, 3.05) is 6.26 Å². The van der Waals surface area contributed by atoms with Gasteiger partial charge in [0.2, 0.25) is 0 Å². The van der Waals surface area contributed by atoms with Gasteiger partial charge in [0.25, 0.3) is 5.56 Å². The molecule has 3 rings (SSSR count).